The number of benzene rings is 1. The van der Waals surface area contributed by atoms with Crippen molar-refractivity contribution in [2.75, 3.05) is 0 Å². The molecule has 0 radical (unpaired) electrons. The maximum absolute atomic E-state index is 12.0. The number of amides is 1. The van der Waals surface area contributed by atoms with Gasteiger partial charge in [-0.2, -0.15) is 0 Å². The highest BCUT2D eigenvalue weighted by molar-refractivity contribution is 9.10. The minimum absolute atomic E-state index is 0.0472. The van der Waals surface area contributed by atoms with Gasteiger partial charge in [-0.1, -0.05) is 33.6 Å². The summed E-state index contributed by atoms with van der Waals surface area (Å²) in [6.45, 7) is 1.94. The first kappa shape index (κ1) is 13.6. The lowest BCUT2D eigenvalue weighted by Gasteiger charge is -2.12. The molecule has 0 saturated heterocycles. The lowest BCUT2D eigenvalue weighted by Crippen LogP contribution is -2.26. The van der Waals surface area contributed by atoms with Gasteiger partial charge in [0.05, 0.1) is 10.4 Å². The summed E-state index contributed by atoms with van der Waals surface area (Å²) in [5.41, 5.74) is 0.638. The summed E-state index contributed by atoms with van der Waals surface area (Å²) >= 11 is 10.7. The average molecular weight is 345 g/mol. The van der Waals surface area contributed by atoms with Crippen molar-refractivity contribution in [3.63, 3.8) is 0 Å². The first-order chi connectivity index (χ1) is 8.56. The molecule has 5 heteroatoms. The van der Waals surface area contributed by atoms with E-state index in [1.54, 1.807) is 12.1 Å². The van der Waals surface area contributed by atoms with Gasteiger partial charge in [-0.3, -0.25) is 4.79 Å². The van der Waals surface area contributed by atoms with Gasteiger partial charge in [0.15, 0.2) is 0 Å². The predicted molar refractivity (Wildman–Crippen MR) is 79.4 cm³/mol. The highest BCUT2D eigenvalue weighted by Crippen LogP contribution is 2.26. The lowest BCUT2D eigenvalue weighted by atomic mass is 10.2. The van der Waals surface area contributed by atoms with Crippen molar-refractivity contribution < 1.29 is 4.79 Å². The Kier molecular flexibility index (Phi) is 4.43. The summed E-state index contributed by atoms with van der Waals surface area (Å²) in [5.74, 6) is -0.0895. The molecule has 2 rings (SSSR count). The van der Waals surface area contributed by atoms with Crippen LogP contribution in [0.1, 0.15) is 28.2 Å². The van der Waals surface area contributed by atoms with Crippen molar-refractivity contribution in [3.8, 4) is 0 Å². The third kappa shape index (κ3) is 3.34. The van der Waals surface area contributed by atoms with E-state index >= 15 is 0 Å². The van der Waals surface area contributed by atoms with Gasteiger partial charge < -0.3 is 5.32 Å². The Morgan fingerprint density at radius 1 is 1.39 bits per heavy atom. The summed E-state index contributed by atoms with van der Waals surface area (Å²) < 4.78 is 1.62. The van der Waals surface area contributed by atoms with Gasteiger partial charge in [0, 0.05) is 14.9 Å². The SMILES string of the molecule is CC(NC(=O)c1cccc(Br)c1)c1ccc(Cl)s1. The third-order valence-electron chi connectivity index (χ3n) is 2.46. The minimum Gasteiger partial charge on any atom is -0.345 e. The van der Waals surface area contributed by atoms with Crippen LogP contribution in [-0.2, 0) is 0 Å². The van der Waals surface area contributed by atoms with Gasteiger partial charge in [-0.25, -0.2) is 0 Å². The summed E-state index contributed by atoms with van der Waals surface area (Å²) in [5, 5.41) is 2.95. The second-order valence-corrected chi connectivity index (χ2v) is 6.51. The summed E-state index contributed by atoms with van der Waals surface area (Å²) in [4.78, 5) is 13.1. The summed E-state index contributed by atoms with van der Waals surface area (Å²) in [7, 11) is 0. The summed E-state index contributed by atoms with van der Waals surface area (Å²) in [6.07, 6.45) is 0. The number of nitrogens with one attached hydrogen (secondary N) is 1. The van der Waals surface area contributed by atoms with E-state index in [1.165, 1.54) is 11.3 Å². The number of rotatable bonds is 3. The van der Waals surface area contributed by atoms with Gasteiger partial charge in [0.25, 0.3) is 5.91 Å². The van der Waals surface area contributed by atoms with Crippen molar-refractivity contribution in [3.05, 3.63) is 55.6 Å². The van der Waals surface area contributed by atoms with Gasteiger partial charge >= 0.3 is 0 Å². The Labute approximate surface area is 123 Å². The number of carbonyl (C=O) groups is 1. The van der Waals surface area contributed by atoms with Gasteiger partial charge in [-0.15, -0.1) is 11.3 Å². The molecule has 1 amide bonds. The Morgan fingerprint density at radius 2 is 2.17 bits per heavy atom. The maximum Gasteiger partial charge on any atom is 0.251 e. The normalized spacial score (nSPS) is 12.2. The quantitative estimate of drug-likeness (QED) is 0.862. The first-order valence-electron chi connectivity index (χ1n) is 5.38. The molecule has 18 heavy (non-hydrogen) atoms. The van der Waals surface area contributed by atoms with Crippen LogP contribution in [0.15, 0.2) is 40.9 Å². The molecule has 0 saturated carbocycles. The second-order valence-electron chi connectivity index (χ2n) is 3.85. The van der Waals surface area contributed by atoms with Crippen molar-refractivity contribution in [2.45, 2.75) is 13.0 Å². The molecular weight excluding hydrogens is 334 g/mol. The van der Waals surface area contributed by atoms with E-state index in [0.717, 1.165) is 13.7 Å². The Balaban J connectivity index is 2.08. The molecule has 1 N–H and O–H groups in total. The van der Waals surface area contributed by atoms with Crippen molar-refractivity contribution >= 4 is 44.8 Å². The zero-order valence-corrected chi connectivity index (χ0v) is 12.8. The lowest BCUT2D eigenvalue weighted by molar-refractivity contribution is 0.0940. The molecule has 1 heterocycles. The molecule has 0 aliphatic heterocycles. The van der Waals surface area contributed by atoms with Crippen LogP contribution in [0.3, 0.4) is 0 Å². The van der Waals surface area contributed by atoms with Crippen molar-refractivity contribution in [2.24, 2.45) is 0 Å². The fourth-order valence-corrected chi connectivity index (χ4v) is 3.00. The monoisotopic (exact) mass is 343 g/mol. The van der Waals surface area contributed by atoms with E-state index in [0.29, 0.717) is 5.56 Å². The Bertz CT molecular complexity index is 570. The molecule has 2 nitrogen and oxygen atoms in total. The van der Waals surface area contributed by atoms with E-state index in [9.17, 15) is 4.79 Å². The van der Waals surface area contributed by atoms with Crippen LogP contribution in [0.4, 0.5) is 0 Å². The molecule has 0 aliphatic carbocycles. The van der Waals surface area contributed by atoms with Crippen LogP contribution < -0.4 is 5.32 Å². The molecule has 1 unspecified atom stereocenters. The van der Waals surface area contributed by atoms with Crippen LogP contribution in [-0.4, -0.2) is 5.91 Å². The Hall–Kier alpha value is -0.840. The van der Waals surface area contributed by atoms with Crippen LogP contribution in [0.25, 0.3) is 0 Å². The smallest absolute Gasteiger partial charge is 0.251 e. The minimum atomic E-state index is -0.0895. The average Bonchev–Trinajstić information content (AvgIpc) is 2.76. The number of hydrogen-bond acceptors (Lipinski definition) is 2. The Morgan fingerprint density at radius 3 is 2.78 bits per heavy atom. The number of thiophene rings is 1. The molecule has 0 bridgehead atoms. The number of carbonyl (C=O) groups excluding carboxylic acids is 1. The summed E-state index contributed by atoms with van der Waals surface area (Å²) in [6, 6.07) is 11.0. The molecule has 0 fully saturated rings. The molecule has 0 aliphatic rings. The zero-order chi connectivity index (χ0) is 13.1. The van der Waals surface area contributed by atoms with E-state index in [-0.39, 0.29) is 11.9 Å². The second kappa shape index (κ2) is 5.87. The zero-order valence-electron chi connectivity index (χ0n) is 9.61. The van der Waals surface area contributed by atoms with E-state index in [1.807, 2.05) is 31.2 Å². The van der Waals surface area contributed by atoms with Gasteiger partial charge in [-0.05, 0) is 37.3 Å². The van der Waals surface area contributed by atoms with Crippen LogP contribution in [0.2, 0.25) is 4.34 Å². The largest absolute Gasteiger partial charge is 0.345 e. The molecule has 94 valence electrons. The van der Waals surface area contributed by atoms with Crippen molar-refractivity contribution in [1.82, 2.24) is 5.32 Å². The maximum atomic E-state index is 12.0. The molecule has 2 aromatic rings. The van der Waals surface area contributed by atoms with Crippen molar-refractivity contribution in [1.29, 1.82) is 0 Å². The van der Waals surface area contributed by atoms with E-state index in [2.05, 4.69) is 21.2 Å². The topological polar surface area (TPSA) is 29.1 Å². The van der Waals surface area contributed by atoms with Crippen LogP contribution in [0.5, 0.6) is 0 Å². The fourth-order valence-electron chi connectivity index (χ4n) is 1.54. The predicted octanol–water partition coefficient (Wildman–Crippen LogP) is 4.66. The molecule has 1 aromatic heterocycles. The number of halogens is 2. The standard InChI is InChI=1S/C13H11BrClNOS/c1-8(11-5-6-12(15)18-11)16-13(17)9-3-2-4-10(14)7-9/h2-8H,1H3,(H,16,17). The first-order valence-corrected chi connectivity index (χ1v) is 7.36. The molecule has 0 spiro atoms. The fraction of sp³-hybridized carbons (Fsp3) is 0.154. The van der Waals surface area contributed by atoms with Crippen LogP contribution >= 0.6 is 38.9 Å². The molecule has 1 aromatic carbocycles. The molecule has 1 atom stereocenters. The number of hydrogen-bond donors (Lipinski definition) is 1. The molecular formula is C13H11BrClNOS. The van der Waals surface area contributed by atoms with E-state index < -0.39 is 0 Å². The van der Waals surface area contributed by atoms with Crippen LogP contribution in [0, 0.1) is 0 Å². The third-order valence-corrected chi connectivity index (χ3v) is 4.36. The van der Waals surface area contributed by atoms with Gasteiger partial charge in [0.1, 0.15) is 0 Å². The van der Waals surface area contributed by atoms with E-state index in [4.69, 9.17) is 11.6 Å². The highest BCUT2D eigenvalue weighted by Gasteiger charge is 2.13. The van der Waals surface area contributed by atoms with Gasteiger partial charge in [0.2, 0.25) is 0 Å². The highest BCUT2D eigenvalue weighted by atomic mass is 79.9.